The number of carbonyl (C=O) groups is 1. The number of aromatic nitrogens is 3. The second-order valence-corrected chi connectivity index (χ2v) is 8.02. The molecule has 1 N–H and O–H groups in total. The lowest BCUT2D eigenvalue weighted by Crippen LogP contribution is -2.15. The Labute approximate surface area is 187 Å². The van der Waals surface area contributed by atoms with Gasteiger partial charge in [0.05, 0.1) is 21.5 Å². The van der Waals surface area contributed by atoms with Crippen LogP contribution >= 0.6 is 46.6 Å². The van der Waals surface area contributed by atoms with Crippen LogP contribution in [0.2, 0.25) is 15.1 Å². The zero-order valence-electron chi connectivity index (χ0n) is 15.4. The number of thioether (sulfide) groups is 1. The van der Waals surface area contributed by atoms with Crippen LogP contribution in [0.3, 0.4) is 0 Å². The van der Waals surface area contributed by atoms with E-state index in [4.69, 9.17) is 39.5 Å². The lowest BCUT2D eigenvalue weighted by Gasteiger charge is -2.10. The van der Waals surface area contributed by atoms with E-state index >= 15 is 0 Å². The second kappa shape index (κ2) is 10.2. The van der Waals surface area contributed by atoms with Crippen molar-refractivity contribution in [3.8, 4) is 5.75 Å². The maximum Gasteiger partial charge on any atom is 0.234 e. The smallest absolute Gasteiger partial charge is 0.234 e. The molecule has 1 amide bonds. The van der Waals surface area contributed by atoms with Gasteiger partial charge >= 0.3 is 0 Å². The highest BCUT2D eigenvalue weighted by Gasteiger charge is 2.15. The monoisotopic (exact) mass is 470 g/mol. The van der Waals surface area contributed by atoms with Gasteiger partial charge < -0.3 is 14.6 Å². The van der Waals surface area contributed by atoms with Gasteiger partial charge in [-0.1, -0.05) is 58.7 Å². The molecular formula is C19H17Cl3N4O2S. The third-order valence-electron chi connectivity index (χ3n) is 3.84. The van der Waals surface area contributed by atoms with Crippen LogP contribution in [0, 0.1) is 0 Å². The van der Waals surface area contributed by atoms with E-state index in [1.165, 1.54) is 11.8 Å². The van der Waals surface area contributed by atoms with Crippen molar-refractivity contribution in [1.82, 2.24) is 14.8 Å². The van der Waals surface area contributed by atoms with Gasteiger partial charge in [0, 0.05) is 11.6 Å². The zero-order chi connectivity index (χ0) is 20.8. The summed E-state index contributed by atoms with van der Waals surface area (Å²) >= 11 is 19.4. The quantitative estimate of drug-likeness (QED) is 0.435. The molecule has 2 aromatic carbocycles. The average molecular weight is 472 g/mol. The van der Waals surface area contributed by atoms with Crippen molar-refractivity contribution < 1.29 is 9.53 Å². The Balaban J connectivity index is 1.60. The second-order valence-electron chi connectivity index (χ2n) is 5.82. The van der Waals surface area contributed by atoms with Crippen LogP contribution in [0.1, 0.15) is 12.7 Å². The lowest BCUT2D eigenvalue weighted by atomic mass is 10.3. The number of benzene rings is 2. The molecule has 0 spiro atoms. The fraction of sp³-hybridized carbons (Fsp3) is 0.211. The maximum absolute atomic E-state index is 12.2. The minimum absolute atomic E-state index is 0.174. The highest BCUT2D eigenvalue weighted by molar-refractivity contribution is 7.99. The Hall–Kier alpha value is -1.93. The Kier molecular flexibility index (Phi) is 7.66. The standard InChI is InChI=1S/C19H17Cl3N4O2S/c1-2-26-17(10-28-16-8-7-12(20)9-14(16)22)24-25-19(26)29-11-18(27)23-15-6-4-3-5-13(15)21/h3-9H,2,10-11H2,1H3,(H,23,27). The summed E-state index contributed by atoms with van der Waals surface area (Å²) < 4.78 is 7.62. The fourth-order valence-electron chi connectivity index (χ4n) is 2.46. The van der Waals surface area contributed by atoms with E-state index in [0.29, 0.717) is 44.0 Å². The summed E-state index contributed by atoms with van der Waals surface area (Å²) in [5, 5.41) is 13.2. The lowest BCUT2D eigenvalue weighted by molar-refractivity contribution is -0.113. The van der Waals surface area contributed by atoms with Gasteiger partial charge in [0.2, 0.25) is 5.91 Å². The maximum atomic E-state index is 12.2. The predicted octanol–water partition coefficient (Wildman–Crippen LogP) is 5.57. The van der Waals surface area contributed by atoms with E-state index in [9.17, 15) is 4.79 Å². The third-order valence-corrected chi connectivity index (χ3v) is 5.67. The predicted molar refractivity (Wildman–Crippen MR) is 117 cm³/mol. The molecule has 0 radical (unpaired) electrons. The number of amides is 1. The molecule has 0 atom stereocenters. The molecule has 152 valence electrons. The highest BCUT2D eigenvalue weighted by atomic mass is 35.5. The summed E-state index contributed by atoms with van der Waals surface area (Å²) in [6.45, 7) is 2.79. The molecule has 10 heteroatoms. The van der Waals surface area contributed by atoms with Crippen LogP contribution in [-0.4, -0.2) is 26.4 Å². The summed E-state index contributed by atoms with van der Waals surface area (Å²) in [5.41, 5.74) is 0.575. The van der Waals surface area contributed by atoms with E-state index in [0.717, 1.165) is 0 Å². The molecular weight excluding hydrogens is 455 g/mol. The molecule has 6 nitrogen and oxygen atoms in total. The molecule has 3 rings (SSSR count). The topological polar surface area (TPSA) is 69.0 Å². The molecule has 1 aromatic heterocycles. The first-order valence-electron chi connectivity index (χ1n) is 8.65. The van der Waals surface area contributed by atoms with Crippen LogP contribution in [0.25, 0.3) is 0 Å². The molecule has 29 heavy (non-hydrogen) atoms. The van der Waals surface area contributed by atoms with Crippen molar-refractivity contribution in [2.24, 2.45) is 0 Å². The number of carbonyl (C=O) groups excluding carboxylic acids is 1. The number of rotatable bonds is 8. The van der Waals surface area contributed by atoms with Crippen molar-refractivity contribution in [2.75, 3.05) is 11.1 Å². The molecule has 0 unspecified atom stereocenters. The number of halogens is 3. The van der Waals surface area contributed by atoms with Gasteiger partial charge in [0.15, 0.2) is 11.0 Å². The fourth-order valence-corrected chi connectivity index (χ4v) is 3.93. The van der Waals surface area contributed by atoms with Gasteiger partial charge in [-0.3, -0.25) is 4.79 Å². The van der Waals surface area contributed by atoms with Crippen molar-refractivity contribution >= 4 is 58.2 Å². The van der Waals surface area contributed by atoms with Gasteiger partial charge in [-0.2, -0.15) is 0 Å². The number of anilines is 1. The Bertz CT molecular complexity index is 1010. The minimum Gasteiger partial charge on any atom is -0.484 e. The Morgan fingerprint density at radius 1 is 1.14 bits per heavy atom. The van der Waals surface area contributed by atoms with E-state index in [1.807, 2.05) is 17.6 Å². The number of para-hydroxylation sites is 1. The molecule has 0 saturated heterocycles. The minimum atomic E-state index is -0.181. The zero-order valence-corrected chi connectivity index (χ0v) is 18.4. The third kappa shape index (κ3) is 5.79. The van der Waals surface area contributed by atoms with Crippen molar-refractivity contribution in [3.05, 3.63) is 63.4 Å². The SMILES string of the molecule is CCn1c(COc2ccc(Cl)cc2Cl)nnc1SCC(=O)Nc1ccccc1Cl. The number of hydrogen-bond acceptors (Lipinski definition) is 5. The molecule has 0 saturated carbocycles. The summed E-state index contributed by atoms with van der Waals surface area (Å²) in [7, 11) is 0. The van der Waals surface area contributed by atoms with Crippen molar-refractivity contribution in [2.45, 2.75) is 25.2 Å². The van der Waals surface area contributed by atoms with Gasteiger partial charge in [0.25, 0.3) is 0 Å². The highest BCUT2D eigenvalue weighted by Crippen LogP contribution is 2.28. The van der Waals surface area contributed by atoms with E-state index in [2.05, 4.69) is 15.5 Å². The molecule has 0 aliphatic carbocycles. The van der Waals surface area contributed by atoms with Gasteiger partial charge in [-0.15, -0.1) is 10.2 Å². The number of nitrogens with zero attached hydrogens (tertiary/aromatic N) is 3. The van der Waals surface area contributed by atoms with E-state index in [1.54, 1.807) is 36.4 Å². The molecule has 0 fully saturated rings. The molecule has 3 aromatic rings. The van der Waals surface area contributed by atoms with Gasteiger partial charge in [-0.05, 0) is 37.3 Å². The van der Waals surface area contributed by atoms with Crippen LogP contribution < -0.4 is 10.1 Å². The number of ether oxygens (including phenoxy) is 1. The molecule has 0 aliphatic heterocycles. The summed E-state index contributed by atoms with van der Waals surface area (Å²) in [6.07, 6.45) is 0. The largest absolute Gasteiger partial charge is 0.484 e. The van der Waals surface area contributed by atoms with E-state index in [-0.39, 0.29) is 18.3 Å². The summed E-state index contributed by atoms with van der Waals surface area (Å²) in [6, 6.07) is 12.1. The Morgan fingerprint density at radius 3 is 2.66 bits per heavy atom. The van der Waals surface area contributed by atoms with Gasteiger partial charge in [0.1, 0.15) is 12.4 Å². The first kappa shape index (κ1) is 21.8. The van der Waals surface area contributed by atoms with Crippen molar-refractivity contribution in [1.29, 1.82) is 0 Å². The molecule has 0 aliphatic rings. The normalized spacial score (nSPS) is 10.8. The van der Waals surface area contributed by atoms with Crippen LogP contribution in [0.4, 0.5) is 5.69 Å². The van der Waals surface area contributed by atoms with Crippen LogP contribution in [0.15, 0.2) is 47.6 Å². The molecule has 1 heterocycles. The first-order valence-corrected chi connectivity index (χ1v) is 10.8. The van der Waals surface area contributed by atoms with Crippen LogP contribution in [0.5, 0.6) is 5.75 Å². The van der Waals surface area contributed by atoms with Crippen molar-refractivity contribution in [3.63, 3.8) is 0 Å². The van der Waals surface area contributed by atoms with E-state index < -0.39 is 0 Å². The molecule has 0 bridgehead atoms. The number of nitrogens with one attached hydrogen (secondary N) is 1. The van der Waals surface area contributed by atoms with Crippen LogP contribution in [-0.2, 0) is 17.9 Å². The summed E-state index contributed by atoms with van der Waals surface area (Å²) in [5.74, 6) is 1.13. The first-order chi connectivity index (χ1) is 14.0. The summed E-state index contributed by atoms with van der Waals surface area (Å²) in [4.78, 5) is 12.2. The average Bonchev–Trinajstić information content (AvgIpc) is 3.09. The Morgan fingerprint density at radius 2 is 1.93 bits per heavy atom. The number of hydrogen-bond donors (Lipinski definition) is 1. The van der Waals surface area contributed by atoms with Gasteiger partial charge in [-0.25, -0.2) is 0 Å².